The second-order valence-electron chi connectivity index (χ2n) is 2.43. The molecule has 2 rings (SSSR count). The molecule has 64 valence electrons. The molecule has 6 heteroatoms. The third-order valence-electron chi connectivity index (χ3n) is 1.64. The molecular formula is C6H6BrN3O2. The summed E-state index contributed by atoms with van der Waals surface area (Å²) in [5.74, 6) is 0. The van der Waals surface area contributed by atoms with Gasteiger partial charge in [0.1, 0.15) is 12.6 Å². The number of carbonyl (C=O) groups excluding carboxylic acids is 1. The predicted octanol–water partition coefficient (Wildman–Crippen LogP) is 0.953. The second-order valence-corrected chi connectivity index (χ2v) is 3.28. The normalized spacial score (nSPS) is 22.1. The first-order valence-corrected chi connectivity index (χ1v) is 4.18. The molecule has 5 nitrogen and oxygen atoms in total. The standard InChI is InChI=1S/C6H6BrN3O2/c7-3-1-8-10-5(3)4-2-12-6(11)9-4/h1,4H,2H2,(H,8,10)(H,9,11). The van der Waals surface area contributed by atoms with Gasteiger partial charge < -0.3 is 10.1 Å². The van der Waals surface area contributed by atoms with Crippen LogP contribution >= 0.6 is 15.9 Å². The summed E-state index contributed by atoms with van der Waals surface area (Å²) in [7, 11) is 0. The molecule has 1 aliphatic rings. The molecule has 1 aromatic rings. The van der Waals surface area contributed by atoms with Crippen molar-refractivity contribution in [3.05, 3.63) is 16.4 Å². The minimum Gasteiger partial charge on any atom is -0.447 e. The van der Waals surface area contributed by atoms with Crippen molar-refractivity contribution >= 4 is 22.0 Å². The molecule has 1 aromatic heterocycles. The quantitative estimate of drug-likeness (QED) is 0.757. The topological polar surface area (TPSA) is 67.0 Å². The SMILES string of the molecule is O=C1NC(c2[nH]ncc2Br)CO1. The molecule has 1 atom stereocenters. The van der Waals surface area contributed by atoms with Crippen LogP contribution in [0.2, 0.25) is 0 Å². The first-order valence-electron chi connectivity index (χ1n) is 3.39. The molecule has 0 radical (unpaired) electrons. The van der Waals surface area contributed by atoms with Gasteiger partial charge in [-0.3, -0.25) is 5.10 Å². The van der Waals surface area contributed by atoms with Crippen molar-refractivity contribution in [2.75, 3.05) is 6.61 Å². The van der Waals surface area contributed by atoms with Gasteiger partial charge in [-0.2, -0.15) is 5.10 Å². The van der Waals surface area contributed by atoms with Gasteiger partial charge in [-0.05, 0) is 15.9 Å². The van der Waals surface area contributed by atoms with Gasteiger partial charge in [-0.25, -0.2) is 4.79 Å². The lowest BCUT2D eigenvalue weighted by atomic mass is 10.2. The van der Waals surface area contributed by atoms with Crippen LogP contribution in [-0.2, 0) is 4.74 Å². The highest BCUT2D eigenvalue weighted by molar-refractivity contribution is 9.10. The fourth-order valence-electron chi connectivity index (χ4n) is 1.07. The Morgan fingerprint density at radius 1 is 1.75 bits per heavy atom. The number of ether oxygens (including phenoxy) is 1. The number of hydrogen-bond donors (Lipinski definition) is 2. The van der Waals surface area contributed by atoms with E-state index in [1.807, 2.05) is 0 Å². The maximum atomic E-state index is 10.7. The number of nitrogens with zero attached hydrogens (tertiary/aromatic N) is 1. The lowest BCUT2D eigenvalue weighted by Crippen LogP contribution is -2.18. The molecular weight excluding hydrogens is 226 g/mol. The fraction of sp³-hybridized carbons (Fsp3) is 0.333. The van der Waals surface area contributed by atoms with E-state index in [-0.39, 0.29) is 12.1 Å². The smallest absolute Gasteiger partial charge is 0.407 e. The number of carbonyl (C=O) groups is 1. The number of aromatic nitrogens is 2. The van der Waals surface area contributed by atoms with Crippen molar-refractivity contribution < 1.29 is 9.53 Å². The van der Waals surface area contributed by atoms with Gasteiger partial charge in [0.25, 0.3) is 0 Å². The first kappa shape index (κ1) is 7.60. The zero-order valence-corrected chi connectivity index (χ0v) is 7.59. The van der Waals surface area contributed by atoms with E-state index in [1.54, 1.807) is 6.20 Å². The molecule has 0 bridgehead atoms. The third kappa shape index (κ3) is 1.18. The van der Waals surface area contributed by atoms with Crippen LogP contribution in [-0.4, -0.2) is 22.9 Å². The molecule has 1 unspecified atom stereocenters. The average molecular weight is 232 g/mol. The molecule has 1 aliphatic heterocycles. The number of halogens is 1. The highest BCUT2D eigenvalue weighted by Crippen LogP contribution is 2.23. The van der Waals surface area contributed by atoms with Crippen molar-refractivity contribution in [2.24, 2.45) is 0 Å². The summed E-state index contributed by atoms with van der Waals surface area (Å²) in [5.41, 5.74) is 0.834. The van der Waals surface area contributed by atoms with Crippen molar-refractivity contribution in [2.45, 2.75) is 6.04 Å². The van der Waals surface area contributed by atoms with E-state index < -0.39 is 0 Å². The number of hydrogen-bond acceptors (Lipinski definition) is 3. The summed E-state index contributed by atoms with van der Waals surface area (Å²) in [6.07, 6.45) is 1.25. The van der Waals surface area contributed by atoms with Gasteiger partial charge in [-0.1, -0.05) is 0 Å². The lowest BCUT2D eigenvalue weighted by Gasteiger charge is -2.03. The van der Waals surface area contributed by atoms with Crippen molar-refractivity contribution in [1.29, 1.82) is 0 Å². The average Bonchev–Trinajstić information content (AvgIpc) is 2.58. The first-order chi connectivity index (χ1) is 5.77. The van der Waals surface area contributed by atoms with E-state index in [4.69, 9.17) is 4.74 Å². The largest absolute Gasteiger partial charge is 0.447 e. The van der Waals surface area contributed by atoms with Gasteiger partial charge in [-0.15, -0.1) is 0 Å². The molecule has 0 aliphatic carbocycles. The van der Waals surface area contributed by atoms with E-state index in [2.05, 4.69) is 31.4 Å². The molecule has 1 saturated heterocycles. The molecule has 0 saturated carbocycles. The molecule has 12 heavy (non-hydrogen) atoms. The van der Waals surface area contributed by atoms with Crippen LogP contribution in [0, 0.1) is 0 Å². The molecule has 0 aromatic carbocycles. The highest BCUT2D eigenvalue weighted by atomic mass is 79.9. The van der Waals surface area contributed by atoms with E-state index in [9.17, 15) is 4.79 Å². The summed E-state index contributed by atoms with van der Waals surface area (Å²) in [5, 5.41) is 9.22. The summed E-state index contributed by atoms with van der Waals surface area (Å²) in [4.78, 5) is 10.7. The Hall–Kier alpha value is -1.04. The monoisotopic (exact) mass is 231 g/mol. The van der Waals surface area contributed by atoms with Crippen molar-refractivity contribution in [1.82, 2.24) is 15.5 Å². The molecule has 2 heterocycles. The number of H-pyrrole nitrogens is 1. The predicted molar refractivity (Wildman–Crippen MR) is 43.5 cm³/mol. The minimum atomic E-state index is -0.387. The Kier molecular flexibility index (Phi) is 1.76. The van der Waals surface area contributed by atoms with Crippen molar-refractivity contribution in [3.63, 3.8) is 0 Å². The van der Waals surface area contributed by atoms with Crippen LogP contribution in [0.4, 0.5) is 4.79 Å². The van der Waals surface area contributed by atoms with E-state index in [1.165, 1.54) is 0 Å². The van der Waals surface area contributed by atoms with E-state index in [0.717, 1.165) is 10.2 Å². The Bertz CT molecular complexity index is 311. The second kappa shape index (κ2) is 2.78. The number of nitrogens with one attached hydrogen (secondary N) is 2. The van der Waals surface area contributed by atoms with Gasteiger partial charge in [0.05, 0.1) is 16.4 Å². The van der Waals surface area contributed by atoms with E-state index >= 15 is 0 Å². The van der Waals surface area contributed by atoms with Gasteiger partial charge in [0.2, 0.25) is 0 Å². The Morgan fingerprint density at radius 2 is 2.58 bits per heavy atom. The van der Waals surface area contributed by atoms with Crippen molar-refractivity contribution in [3.8, 4) is 0 Å². The molecule has 1 fully saturated rings. The zero-order chi connectivity index (χ0) is 8.55. The lowest BCUT2D eigenvalue weighted by molar-refractivity contribution is 0.177. The maximum absolute atomic E-state index is 10.7. The number of cyclic esters (lactones) is 1. The maximum Gasteiger partial charge on any atom is 0.407 e. The summed E-state index contributed by atoms with van der Waals surface area (Å²) in [6, 6.07) is -0.116. The van der Waals surface area contributed by atoms with Crippen LogP contribution in [0.5, 0.6) is 0 Å². The number of amides is 1. The summed E-state index contributed by atoms with van der Waals surface area (Å²) < 4.78 is 5.57. The summed E-state index contributed by atoms with van der Waals surface area (Å²) in [6.45, 7) is 0.347. The van der Waals surface area contributed by atoms with Crippen LogP contribution in [0.1, 0.15) is 11.7 Å². The highest BCUT2D eigenvalue weighted by Gasteiger charge is 2.26. The Labute approximate surface area is 76.6 Å². The number of alkyl carbamates (subject to hydrolysis) is 1. The minimum absolute atomic E-state index is 0.116. The van der Waals surface area contributed by atoms with Crippen LogP contribution in [0.25, 0.3) is 0 Å². The molecule has 1 amide bonds. The van der Waals surface area contributed by atoms with Gasteiger partial charge >= 0.3 is 6.09 Å². The molecule has 0 spiro atoms. The number of rotatable bonds is 1. The van der Waals surface area contributed by atoms with Crippen LogP contribution in [0.3, 0.4) is 0 Å². The Balaban J connectivity index is 2.21. The van der Waals surface area contributed by atoms with Crippen LogP contribution < -0.4 is 5.32 Å². The zero-order valence-electron chi connectivity index (χ0n) is 6.00. The molecule has 2 N–H and O–H groups in total. The third-order valence-corrected chi connectivity index (χ3v) is 2.27. The fourth-order valence-corrected chi connectivity index (χ4v) is 1.53. The van der Waals surface area contributed by atoms with E-state index in [0.29, 0.717) is 6.61 Å². The van der Waals surface area contributed by atoms with Gasteiger partial charge in [0.15, 0.2) is 0 Å². The summed E-state index contributed by atoms with van der Waals surface area (Å²) >= 11 is 3.30. The number of aromatic amines is 1. The van der Waals surface area contributed by atoms with Gasteiger partial charge in [0, 0.05) is 0 Å². The Morgan fingerprint density at radius 3 is 3.08 bits per heavy atom. The van der Waals surface area contributed by atoms with Crippen LogP contribution in [0.15, 0.2) is 10.7 Å².